The maximum absolute atomic E-state index is 2.38. The lowest BCUT2D eigenvalue weighted by atomic mass is 9.62. The molecule has 4 heterocycles. The molecule has 2 aliphatic rings. The summed E-state index contributed by atoms with van der Waals surface area (Å²) in [5.41, 5.74) is 6.08. The average Bonchev–Trinajstić information content (AvgIpc) is 3.50. The van der Waals surface area contributed by atoms with E-state index in [2.05, 4.69) is 134 Å². The summed E-state index contributed by atoms with van der Waals surface area (Å²) in [6.45, 7) is 0.0844. The summed E-state index contributed by atoms with van der Waals surface area (Å²) in [4.78, 5) is 4.74. The summed E-state index contributed by atoms with van der Waals surface area (Å²) in [7, 11) is 0. The third-order valence-electron chi connectivity index (χ3n) is 6.33. The van der Waals surface area contributed by atoms with E-state index in [-0.39, 0.29) is 6.98 Å². The molecule has 0 amide bonds. The number of benzene rings is 3. The highest BCUT2D eigenvalue weighted by molar-refractivity contribution is 6.76. The minimum Gasteiger partial charge on any atom is -0.353 e. The molecular weight excluding hydrogens is 379 g/mol. The fourth-order valence-corrected chi connectivity index (χ4v) is 5.11. The zero-order valence-corrected chi connectivity index (χ0v) is 16.8. The monoisotopic (exact) mass is 398 g/mol. The van der Waals surface area contributed by atoms with E-state index in [4.69, 9.17) is 0 Å². The van der Waals surface area contributed by atoms with Gasteiger partial charge in [-0.2, -0.15) is 0 Å². The van der Waals surface area contributed by atoms with Gasteiger partial charge in [0.25, 0.3) is 0 Å². The van der Waals surface area contributed by atoms with E-state index < -0.39 is 0 Å². The van der Waals surface area contributed by atoms with Crippen molar-refractivity contribution in [3.63, 3.8) is 0 Å². The van der Waals surface area contributed by atoms with E-state index in [0.29, 0.717) is 0 Å². The van der Waals surface area contributed by atoms with Gasteiger partial charge < -0.3 is 8.96 Å². The highest BCUT2D eigenvalue weighted by Crippen LogP contribution is 2.45. The molecule has 0 unspecified atom stereocenters. The van der Waals surface area contributed by atoms with Crippen LogP contribution < -0.4 is 15.3 Å². The topological polar surface area (TPSA) is 16.3 Å². The first-order valence-electron chi connectivity index (χ1n) is 10.6. The van der Waals surface area contributed by atoms with Crippen molar-refractivity contribution in [2.75, 3.05) is 9.80 Å². The van der Waals surface area contributed by atoms with Crippen LogP contribution in [0, 0.1) is 0 Å². The van der Waals surface area contributed by atoms with Crippen molar-refractivity contribution < 1.29 is 0 Å². The Morgan fingerprint density at radius 3 is 1.42 bits per heavy atom. The van der Waals surface area contributed by atoms with Crippen molar-refractivity contribution in [3.8, 4) is 0 Å². The number of rotatable bonds is 2. The van der Waals surface area contributed by atoms with Gasteiger partial charge in [0.05, 0.1) is 0 Å². The first-order chi connectivity index (χ1) is 15.4. The molecule has 0 aliphatic carbocycles. The molecule has 146 valence electrons. The van der Waals surface area contributed by atoms with Gasteiger partial charge in [-0.25, -0.2) is 0 Å². The fourth-order valence-electron chi connectivity index (χ4n) is 5.11. The predicted molar refractivity (Wildman–Crippen MR) is 128 cm³/mol. The zero-order valence-electron chi connectivity index (χ0n) is 16.8. The van der Waals surface area contributed by atoms with Gasteiger partial charge in [0.1, 0.15) is 11.6 Å². The summed E-state index contributed by atoms with van der Waals surface area (Å²) < 4.78 is 4.76. The molecule has 0 saturated heterocycles. The Morgan fingerprint density at radius 2 is 0.935 bits per heavy atom. The molecule has 31 heavy (non-hydrogen) atoms. The van der Waals surface area contributed by atoms with Gasteiger partial charge in [0.15, 0.2) is 0 Å². The maximum atomic E-state index is 2.38. The van der Waals surface area contributed by atoms with E-state index >= 15 is 0 Å². The van der Waals surface area contributed by atoms with Gasteiger partial charge in [-0.15, -0.1) is 0 Å². The Balaban J connectivity index is 1.56. The second kappa shape index (κ2) is 6.19. The van der Waals surface area contributed by atoms with E-state index in [1.807, 2.05) is 0 Å². The molecule has 5 aromatic rings. The number of anilines is 6. The molecule has 0 fully saturated rings. The third-order valence-corrected chi connectivity index (χ3v) is 6.33. The summed E-state index contributed by atoms with van der Waals surface area (Å²) >= 11 is 0. The molecule has 0 radical (unpaired) electrons. The van der Waals surface area contributed by atoms with Crippen LogP contribution in [-0.2, 0) is 0 Å². The van der Waals surface area contributed by atoms with Crippen molar-refractivity contribution in [3.05, 3.63) is 116 Å². The largest absolute Gasteiger partial charge is 0.426 e. The number of fused-ring (bicyclic) bond motifs is 4. The lowest BCUT2D eigenvalue weighted by molar-refractivity contribution is 1.00. The van der Waals surface area contributed by atoms with E-state index in [1.54, 1.807) is 0 Å². The summed E-state index contributed by atoms with van der Waals surface area (Å²) in [6.07, 6.45) is 4.38. The van der Waals surface area contributed by atoms with Crippen LogP contribution in [0.15, 0.2) is 116 Å². The van der Waals surface area contributed by atoms with Gasteiger partial charge in [0.2, 0.25) is 0 Å². The standard InChI is InChI=1S/C26H19BN4/c1-3-10-20(11-4-1)30-22-14-7-15-23-26(22)27(28-18-8-16-24(28)30)29-19-9-17-25(29)31(23)21-12-5-2-6-13-21/h1-19H. The number of nitrogens with zero attached hydrogens (tertiary/aromatic N) is 4. The van der Waals surface area contributed by atoms with Crippen LogP contribution in [0.3, 0.4) is 0 Å². The molecule has 2 aliphatic heterocycles. The van der Waals surface area contributed by atoms with Crippen molar-refractivity contribution in [2.45, 2.75) is 0 Å². The smallest absolute Gasteiger partial charge is 0.353 e. The second-order valence-corrected chi connectivity index (χ2v) is 7.97. The number of para-hydroxylation sites is 2. The van der Waals surface area contributed by atoms with Crippen LogP contribution in [0.4, 0.5) is 34.4 Å². The van der Waals surface area contributed by atoms with E-state index in [9.17, 15) is 0 Å². The highest BCUT2D eigenvalue weighted by atomic mass is 15.3. The minimum absolute atomic E-state index is 0.0844. The molecule has 0 spiro atoms. The van der Waals surface area contributed by atoms with Crippen molar-refractivity contribution in [1.82, 2.24) is 8.96 Å². The molecule has 0 N–H and O–H groups in total. The third kappa shape index (κ3) is 2.20. The molecule has 0 atom stereocenters. The maximum Gasteiger partial charge on any atom is 0.426 e. The Bertz CT molecular complexity index is 1300. The quantitative estimate of drug-likeness (QED) is 0.350. The van der Waals surface area contributed by atoms with Crippen molar-refractivity contribution >= 4 is 46.8 Å². The molecule has 7 rings (SSSR count). The number of hydrogen-bond donors (Lipinski definition) is 0. The van der Waals surface area contributed by atoms with Crippen molar-refractivity contribution in [1.29, 1.82) is 0 Å². The molecule has 5 heteroatoms. The Kier molecular flexibility index (Phi) is 3.33. The second-order valence-electron chi connectivity index (χ2n) is 7.97. The summed E-state index contributed by atoms with van der Waals surface area (Å²) in [5, 5.41) is 0. The van der Waals surface area contributed by atoms with Gasteiger partial charge in [-0.1, -0.05) is 42.5 Å². The lowest BCUT2D eigenvalue weighted by Gasteiger charge is -2.43. The van der Waals surface area contributed by atoms with Crippen LogP contribution in [0.2, 0.25) is 0 Å². The first-order valence-corrected chi connectivity index (χ1v) is 10.6. The van der Waals surface area contributed by atoms with Crippen LogP contribution in [0.1, 0.15) is 0 Å². The van der Waals surface area contributed by atoms with Gasteiger partial charge in [0, 0.05) is 28.2 Å². The SMILES string of the molecule is c1ccc(N2c3cccc4c3B(n3cccc32)n2cccc2N4c2ccccc2)cc1. The number of aromatic nitrogens is 2. The summed E-state index contributed by atoms with van der Waals surface area (Å²) in [5.74, 6) is 2.35. The highest BCUT2D eigenvalue weighted by Gasteiger charge is 2.43. The minimum atomic E-state index is 0.0844. The van der Waals surface area contributed by atoms with Gasteiger partial charge in [-0.3, -0.25) is 9.80 Å². The summed E-state index contributed by atoms with van der Waals surface area (Å²) in [6, 6.07) is 36.6. The van der Waals surface area contributed by atoms with Gasteiger partial charge >= 0.3 is 6.98 Å². The molecule has 2 aromatic heterocycles. The van der Waals surface area contributed by atoms with Crippen LogP contribution in [-0.4, -0.2) is 15.9 Å². The van der Waals surface area contributed by atoms with E-state index in [0.717, 1.165) is 0 Å². The fraction of sp³-hybridized carbons (Fsp3) is 0. The normalized spacial score (nSPS) is 13.6. The van der Waals surface area contributed by atoms with Crippen LogP contribution in [0.5, 0.6) is 0 Å². The number of hydrogen-bond acceptors (Lipinski definition) is 2. The Hall–Kier alpha value is -4.12. The van der Waals surface area contributed by atoms with Crippen LogP contribution in [0.25, 0.3) is 0 Å². The van der Waals surface area contributed by atoms with Crippen LogP contribution >= 0.6 is 0 Å². The predicted octanol–water partition coefficient (Wildman–Crippen LogP) is 5.65. The zero-order chi connectivity index (χ0) is 20.4. The molecule has 0 saturated carbocycles. The average molecular weight is 398 g/mol. The first kappa shape index (κ1) is 16.7. The lowest BCUT2D eigenvalue weighted by Crippen LogP contribution is -2.55. The molecule has 4 nitrogen and oxygen atoms in total. The van der Waals surface area contributed by atoms with E-state index in [1.165, 1.54) is 39.8 Å². The van der Waals surface area contributed by atoms with Crippen molar-refractivity contribution in [2.24, 2.45) is 0 Å². The Morgan fingerprint density at radius 1 is 0.452 bits per heavy atom. The molecule has 0 bridgehead atoms. The van der Waals surface area contributed by atoms with Gasteiger partial charge in [-0.05, 0) is 73.1 Å². The molecule has 3 aromatic carbocycles. The Labute approximate surface area is 181 Å². The molecular formula is C26H19BN4.